The maximum absolute atomic E-state index is 12.3. The van der Waals surface area contributed by atoms with Crippen molar-refractivity contribution in [3.63, 3.8) is 0 Å². The van der Waals surface area contributed by atoms with Gasteiger partial charge in [0.2, 0.25) is 5.91 Å². The summed E-state index contributed by atoms with van der Waals surface area (Å²) < 4.78 is 0. The minimum absolute atomic E-state index is 0.230. The van der Waals surface area contributed by atoms with Gasteiger partial charge in [0, 0.05) is 54.9 Å². The maximum Gasteiger partial charge on any atom is 0.228 e. The third-order valence-electron chi connectivity index (χ3n) is 3.95. The molecule has 1 amide bonds. The molecule has 122 valence electrons. The number of aromatic nitrogens is 2. The van der Waals surface area contributed by atoms with Gasteiger partial charge < -0.3 is 9.80 Å². The van der Waals surface area contributed by atoms with Crippen LogP contribution in [0.1, 0.15) is 20.8 Å². The van der Waals surface area contributed by atoms with Crippen molar-refractivity contribution < 1.29 is 4.79 Å². The zero-order valence-corrected chi connectivity index (χ0v) is 14.6. The minimum atomic E-state index is -0.308. The van der Waals surface area contributed by atoms with Crippen LogP contribution in [0.4, 0.5) is 5.13 Å². The standard InChI is InChI=1S/C17H22N4OS/c1-17(2,3)15(22)20-8-10-21(11-9-20)16-19-14(12-23-16)13-4-6-18-7-5-13/h4-7,12H,8-11H2,1-3H3. The Morgan fingerprint density at radius 1 is 1.13 bits per heavy atom. The number of rotatable bonds is 2. The second-order valence-corrected chi connectivity index (χ2v) is 7.62. The van der Waals surface area contributed by atoms with Crippen molar-refractivity contribution in [2.45, 2.75) is 20.8 Å². The van der Waals surface area contributed by atoms with Crippen molar-refractivity contribution in [2.24, 2.45) is 5.41 Å². The van der Waals surface area contributed by atoms with Gasteiger partial charge in [-0.15, -0.1) is 11.3 Å². The Labute approximate surface area is 141 Å². The van der Waals surface area contributed by atoms with Gasteiger partial charge >= 0.3 is 0 Å². The highest BCUT2D eigenvalue weighted by atomic mass is 32.1. The van der Waals surface area contributed by atoms with E-state index in [1.165, 1.54) is 0 Å². The zero-order valence-electron chi connectivity index (χ0n) is 13.8. The molecule has 5 nitrogen and oxygen atoms in total. The van der Waals surface area contributed by atoms with E-state index < -0.39 is 0 Å². The fourth-order valence-corrected chi connectivity index (χ4v) is 3.53. The molecule has 0 unspecified atom stereocenters. The van der Waals surface area contributed by atoms with E-state index in [2.05, 4.69) is 15.3 Å². The first-order valence-electron chi connectivity index (χ1n) is 7.85. The molecule has 1 aliphatic rings. The number of hydrogen-bond donors (Lipinski definition) is 0. The van der Waals surface area contributed by atoms with Crippen LogP contribution in [0.25, 0.3) is 11.3 Å². The summed E-state index contributed by atoms with van der Waals surface area (Å²) in [4.78, 5) is 25.3. The van der Waals surface area contributed by atoms with E-state index in [9.17, 15) is 4.79 Å². The Hall–Kier alpha value is -1.95. The number of thiazole rings is 1. The molecule has 0 bridgehead atoms. The Kier molecular flexibility index (Phi) is 4.35. The summed E-state index contributed by atoms with van der Waals surface area (Å²) in [5.41, 5.74) is 1.77. The van der Waals surface area contributed by atoms with Crippen LogP contribution in [0.5, 0.6) is 0 Å². The highest BCUT2D eigenvalue weighted by Crippen LogP contribution is 2.28. The van der Waals surface area contributed by atoms with Crippen molar-refractivity contribution in [3.8, 4) is 11.3 Å². The average molecular weight is 330 g/mol. The Morgan fingerprint density at radius 2 is 1.78 bits per heavy atom. The SMILES string of the molecule is CC(C)(C)C(=O)N1CCN(c2nc(-c3ccncc3)cs2)CC1. The first kappa shape index (κ1) is 15.9. The van der Waals surface area contributed by atoms with Gasteiger partial charge in [-0.1, -0.05) is 20.8 Å². The molecule has 0 atom stereocenters. The van der Waals surface area contributed by atoms with Crippen molar-refractivity contribution in [1.29, 1.82) is 0 Å². The summed E-state index contributed by atoms with van der Waals surface area (Å²) in [6.45, 7) is 9.13. The van der Waals surface area contributed by atoms with Crippen LogP contribution in [-0.2, 0) is 4.79 Å². The van der Waals surface area contributed by atoms with Crippen molar-refractivity contribution in [2.75, 3.05) is 31.1 Å². The molecule has 1 aliphatic heterocycles. The van der Waals surface area contributed by atoms with Crippen LogP contribution in [-0.4, -0.2) is 47.0 Å². The van der Waals surface area contributed by atoms with E-state index in [-0.39, 0.29) is 11.3 Å². The molecule has 2 aromatic heterocycles. The fraction of sp³-hybridized carbons (Fsp3) is 0.471. The van der Waals surface area contributed by atoms with Gasteiger partial charge in [0.25, 0.3) is 0 Å². The van der Waals surface area contributed by atoms with Crippen LogP contribution in [0.2, 0.25) is 0 Å². The lowest BCUT2D eigenvalue weighted by Gasteiger charge is -2.37. The van der Waals surface area contributed by atoms with Crippen LogP contribution in [0.15, 0.2) is 29.9 Å². The van der Waals surface area contributed by atoms with Crippen LogP contribution < -0.4 is 4.90 Å². The number of amides is 1. The Balaban J connectivity index is 1.65. The monoisotopic (exact) mass is 330 g/mol. The van der Waals surface area contributed by atoms with Crippen molar-refractivity contribution in [3.05, 3.63) is 29.9 Å². The van der Waals surface area contributed by atoms with E-state index in [1.54, 1.807) is 23.7 Å². The summed E-state index contributed by atoms with van der Waals surface area (Å²) in [6.07, 6.45) is 3.57. The van der Waals surface area contributed by atoms with Crippen LogP contribution in [0.3, 0.4) is 0 Å². The smallest absolute Gasteiger partial charge is 0.228 e. The normalized spacial score (nSPS) is 15.8. The first-order valence-corrected chi connectivity index (χ1v) is 8.73. The zero-order chi connectivity index (χ0) is 16.4. The molecular weight excluding hydrogens is 308 g/mol. The summed E-state index contributed by atoms with van der Waals surface area (Å²) >= 11 is 1.66. The molecule has 0 aliphatic carbocycles. The van der Waals surface area contributed by atoms with E-state index >= 15 is 0 Å². The van der Waals surface area contributed by atoms with Gasteiger partial charge in [0.15, 0.2) is 5.13 Å². The molecule has 1 fully saturated rings. The lowest BCUT2D eigenvalue weighted by molar-refractivity contribution is -0.139. The van der Waals surface area contributed by atoms with Gasteiger partial charge in [-0.3, -0.25) is 9.78 Å². The molecule has 3 rings (SSSR count). The number of carbonyl (C=O) groups is 1. The minimum Gasteiger partial charge on any atom is -0.345 e. The van der Waals surface area contributed by atoms with E-state index in [0.717, 1.165) is 42.6 Å². The molecule has 2 aromatic rings. The largest absolute Gasteiger partial charge is 0.345 e. The second kappa shape index (κ2) is 6.28. The van der Waals surface area contributed by atoms with Gasteiger partial charge in [-0.05, 0) is 12.1 Å². The molecule has 0 saturated carbocycles. The number of nitrogens with zero attached hydrogens (tertiary/aromatic N) is 4. The van der Waals surface area contributed by atoms with Gasteiger partial charge in [-0.25, -0.2) is 4.98 Å². The molecule has 3 heterocycles. The third-order valence-corrected chi connectivity index (χ3v) is 4.85. The molecule has 0 radical (unpaired) electrons. The second-order valence-electron chi connectivity index (χ2n) is 6.78. The average Bonchev–Trinajstić information content (AvgIpc) is 3.04. The van der Waals surface area contributed by atoms with E-state index in [4.69, 9.17) is 4.98 Å². The lowest BCUT2D eigenvalue weighted by Crippen LogP contribution is -2.51. The molecule has 0 N–H and O–H groups in total. The number of carbonyl (C=O) groups excluding carboxylic acids is 1. The summed E-state index contributed by atoms with van der Waals surface area (Å²) in [6, 6.07) is 3.94. The highest BCUT2D eigenvalue weighted by molar-refractivity contribution is 7.14. The first-order chi connectivity index (χ1) is 10.9. The maximum atomic E-state index is 12.3. The van der Waals surface area contributed by atoms with Crippen LogP contribution in [0, 0.1) is 5.41 Å². The quantitative estimate of drug-likeness (QED) is 0.849. The molecule has 0 spiro atoms. The number of piperazine rings is 1. The highest BCUT2D eigenvalue weighted by Gasteiger charge is 2.30. The fourth-order valence-electron chi connectivity index (χ4n) is 2.64. The molecule has 1 saturated heterocycles. The summed E-state index contributed by atoms with van der Waals surface area (Å²) in [7, 11) is 0. The molecule has 0 aromatic carbocycles. The van der Waals surface area contributed by atoms with Crippen LogP contribution >= 0.6 is 11.3 Å². The Bertz CT molecular complexity index is 669. The topological polar surface area (TPSA) is 49.3 Å². The molecular formula is C17H22N4OS. The third kappa shape index (κ3) is 3.52. The van der Waals surface area contributed by atoms with Gasteiger partial charge in [0.05, 0.1) is 5.69 Å². The lowest BCUT2D eigenvalue weighted by atomic mass is 9.94. The van der Waals surface area contributed by atoms with Crippen molar-refractivity contribution >= 4 is 22.4 Å². The number of anilines is 1. The Morgan fingerprint density at radius 3 is 2.39 bits per heavy atom. The molecule has 6 heteroatoms. The predicted octanol–water partition coefficient (Wildman–Crippen LogP) is 2.90. The van der Waals surface area contributed by atoms with Crippen molar-refractivity contribution in [1.82, 2.24) is 14.9 Å². The van der Waals surface area contributed by atoms with E-state index in [0.29, 0.717) is 0 Å². The predicted molar refractivity (Wildman–Crippen MR) is 93.6 cm³/mol. The number of pyridine rings is 1. The number of hydrogen-bond acceptors (Lipinski definition) is 5. The van der Waals surface area contributed by atoms with E-state index in [1.807, 2.05) is 37.8 Å². The summed E-state index contributed by atoms with van der Waals surface area (Å²) in [5.74, 6) is 0.230. The summed E-state index contributed by atoms with van der Waals surface area (Å²) in [5, 5.41) is 3.11. The molecule has 23 heavy (non-hydrogen) atoms. The van der Waals surface area contributed by atoms with Gasteiger partial charge in [0.1, 0.15) is 0 Å². The van der Waals surface area contributed by atoms with Gasteiger partial charge in [-0.2, -0.15) is 0 Å².